The van der Waals surface area contributed by atoms with Gasteiger partial charge in [0.15, 0.2) is 9.84 Å². The van der Waals surface area contributed by atoms with Gasteiger partial charge in [0.1, 0.15) is 0 Å². The van der Waals surface area contributed by atoms with Crippen LogP contribution in [0.1, 0.15) is 24.3 Å². The second kappa shape index (κ2) is 4.41. The molecule has 106 valence electrons. The Bertz CT molecular complexity index is 668. The molecule has 1 aromatic carbocycles. The molecule has 3 rings (SSSR count). The van der Waals surface area contributed by atoms with Gasteiger partial charge in [-0.1, -0.05) is 30.3 Å². The van der Waals surface area contributed by atoms with E-state index in [4.69, 9.17) is 0 Å². The van der Waals surface area contributed by atoms with Gasteiger partial charge in [0, 0.05) is 11.8 Å². The van der Waals surface area contributed by atoms with E-state index in [0.29, 0.717) is 6.42 Å². The fourth-order valence-corrected chi connectivity index (χ4v) is 5.56. The van der Waals surface area contributed by atoms with E-state index in [1.54, 1.807) is 0 Å². The predicted octanol–water partition coefficient (Wildman–Crippen LogP) is 0.622. The second-order valence-corrected chi connectivity index (χ2v) is 7.82. The zero-order valence-electron chi connectivity index (χ0n) is 10.8. The monoisotopic (exact) mass is 293 g/mol. The van der Waals surface area contributed by atoms with Crippen molar-refractivity contribution in [2.75, 3.05) is 11.5 Å². The van der Waals surface area contributed by atoms with Crippen molar-refractivity contribution in [3.05, 3.63) is 35.9 Å². The Morgan fingerprint density at radius 3 is 2.45 bits per heavy atom. The van der Waals surface area contributed by atoms with Crippen molar-refractivity contribution in [1.82, 2.24) is 5.32 Å². The number of amides is 2. The average Bonchev–Trinajstić information content (AvgIpc) is 2.65. The van der Waals surface area contributed by atoms with Gasteiger partial charge < -0.3 is 0 Å². The van der Waals surface area contributed by atoms with Crippen molar-refractivity contribution in [2.24, 2.45) is 5.41 Å². The van der Waals surface area contributed by atoms with Gasteiger partial charge in [0.05, 0.1) is 17.4 Å². The summed E-state index contributed by atoms with van der Waals surface area (Å²) in [6.45, 7) is 0. The molecule has 1 spiro atoms. The first-order valence-electron chi connectivity index (χ1n) is 6.51. The van der Waals surface area contributed by atoms with Gasteiger partial charge in [-0.3, -0.25) is 14.9 Å². The lowest BCUT2D eigenvalue weighted by Crippen LogP contribution is -2.51. The summed E-state index contributed by atoms with van der Waals surface area (Å²) in [6, 6.07) is 9.10. The molecule has 1 aromatic rings. The van der Waals surface area contributed by atoms with Crippen LogP contribution in [-0.4, -0.2) is 31.7 Å². The van der Waals surface area contributed by atoms with Crippen molar-refractivity contribution in [3.63, 3.8) is 0 Å². The second-order valence-electron chi connectivity index (χ2n) is 5.64. The van der Waals surface area contributed by atoms with E-state index in [0.717, 1.165) is 5.56 Å². The molecule has 2 heterocycles. The fraction of sp³-hybridized carbons (Fsp3) is 0.429. The Kier molecular flexibility index (Phi) is 2.93. The lowest BCUT2D eigenvalue weighted by molar-refractivity contribution is -0.139. The number of imide groups is 1. The molecule has 0 saturated carbocycles. The van der Waals surface area contributed by atoms with Crippen LogP contribution in [0, 0.1) is 5.41 Å². The quantitative estimate of drug-likeness (QED) is 0.770. The van der Waals surface area contributed by atoms with Crippen molar-refractivity contribution < 1.29 is 18.0 Å². The van der Waals surface area contributed by atoms with E-state index < -0.39 is 21.2 Å². The highest BCUT2D eigenvalue weighted by molar-refractivity contribution is 7.91. The van der Waals surface area contributed by atoms with Gasteiger partial charge in [-0.05, 0) is 12.0 Å². The van der Waals surface area contributed by atoms with Crippen LogP contribution in [0.4, 0.5) is 0 Å². The summed E-state index contributed by atoms with van der Waals surface area (Å²) in [4.78, 5) is 23.9. The molecule has 2 atom stereocenters. The van der Waals surface area contributed by atoms with Crippen molar-refractivity contribution >= 4 is 21.7 Å². The zero-order chi connectivity index (χ0) is 14.4. The van der Waals surface area contributed by atoms with E-state index in [1.807, 2.05) is 30.3 Å². The summed E-state index contributed by atoms with van der Waals surface area (Å²) in [7, 11) is -3.17. The molecule has 6 heteroatoms. The number of nitrogens with one attached hydrogen (secondary N) is 1. The molecule has 2 fully saturated rings. The molecule has 0 aliphatic carbocycles. The van der Waals surface area contributed by atoms with Crippen molar-refractivity contribution in [1.29, 1.82) is 0 Å². The molecular weight excluding hydrogens is 278 g/mol. The minimum atomic E-state index is -3.17. The minimum absolute atomic E-state index is 0.0525. The van der Waals surface area contributed by atoms with E-state index in [1.165, 1.54) is 0 Å². The van der Waals surface area contributed by atoms with Crippen LogP contribution >= 0.6 is 0 Å². The summed E-state index contributed by atoms with van der Waals surface area (Å²) in [5, 5.41) is 2.33. The highest BCUT2D eigenvalue weighted by Crippen LogP contribution is 2.49. The Morgan fingerprint density at radius 2 is 1.85 bits per heavy atom. The van der Waals surface area contributed by atoms with Gasteiger partial charge in [0.25, 0.3) is 0 Å². The third kappa shape index (κ3) is 2.14. The van der Waals surface area contributed by atoms with Crippen LogP contribution in [0.2, 0.25) is 0 Å². The number of carbonyl (C=O) groups excluding carboxylic acids is 2. The van der Waals surface area contributed by atoms with Gasteiger partial charge in [-0.15, -0.1) is 0 Å². The highest BCUT2D eigenvalue weighted by Gasteiger charge is 2.54. The van der Waals surface area contributed by atoms with Crippen LogP contribution in [0.5, 0.6) is 0 Å². The van der Waals surface area contributed by atoms with Gasteiger partial charge in [-0.2, -0.15) is 0 Å². The lowest BCUT2D eigenvalue weighted by Gasteiger charge is -2.38. The molecule has 5 nitrogen and oxygen atoms in total. The van der Waals surface area contributed by atoms with E-state index >= 15 is 0 Å². The molecule has 2 aliphatic heterocycles. The number of hydrogen-bond donors (Lipinski definition) is 1. The third-order valence-electron chi connectivity index (χ3n) is 4.20. The smallest absolute Gasteiger partial charge is 0.234 e. The van der Waals surface area contributed by atoms with E-state index in [9.17, 15) is 18.0 Å². The third-order valence-corrected chi connectivity index (χ3v) is 6.04. The highest BCUT2D eigenvalue weighted by atomic mass is 32.2. The molecule has 0 bridgehead atoms. The van der Waals surface area contributed by atoms with Gasteiger partial charge >= 0.3 is 0 Å². The summed E-state index contributed by atoms with van der Waals surface area (Å²) >= 11 is 0. The zero-order valence-corrected chi connectivity index (χ0v) is 11.7. The summed E-state index contributed by atoms with van der Waals surface area (Å²) in [5.41, 5.74) is -0.00539. The van der Waals surface area contributed by atoms with Crippen LogP contribution in [0.3, 0.4) is 0 Å². The van der Waals surface area contributed by atoms with Gasteiger partial charge in [-0.25, -0.2) is 8.42 Å². The first-order chi connectivity index (χ1) is 9.42. The Morgan fingerprint density at radius 1 is 1.15 bits per heavy atom. The fourth-order valence-electron chi connectivity index (χ4n) is 3.41. The topological polar surface area (TPSA) is 80.3 Å². The maximum absolute atomic E-state index is 12.3. The average molecular weight is 293 g/mol. The van der Waals surface area contributed by atoms with Crippen molar-refractivity contribution in [3.8, 4) is 0 Å². The molecule has 2 aliphatic rings. The number of piperidine rings is 1. The maximum Gasteiger partial charge on any atom is 0.234 e. The first kappa shape index (κ1) is 13.3. The van der Waals surface area contributed by atoms with Crippen molar-refractivity contribution in [2.45, 2.75) is 18.8 Å². The van der Waals surface area contributed by atoms with Crippen LogP contribution in [0.25, 0.3) is 0 Å². The molecule has 2 amide bonds. The van der Waals surface area contributed by atoms with Crippen LogP contribution in [0.15, 0.2) is 30.3 Å². The number of benzene rings is 1. The molecule has 2 saturated heterocycles. The maximum atomic E-state index is 12.3. The first-order valence-corrected chi connectivity index (χ1v) is 8.33. The lowest BCUT2D eigenvalue weighted by atomic mass is 9.67. The Labute approximate surface area is 117 Å². The summed E-state index contributed by atoms with van der Waals surface area (Å²) in [6.07, 6.45) is 0.464. The predicted molar refractivity (Wildman–Crippen MR) is 72.7 cm³/mol. The number of hydrogen-bond acceptors (Lipinski definition) is 4. The number of carbonyl (C=O) groups is 2. The Hall–Kier alpha value is -1.69. The van der Waals surface area contributed by atoms with Crippen LogP contribution in [-0.2, 0) is 19.4 Å². The standard InChI is InChI=1S/C14H15NO4S/c16-11-8-14(6-7-20(18,19)9-14)12(13(17)15-11)10-4-2-1-3-5-10/h1-5,12H,6-9H2,(H,15,16,17). The molecular formula is C14H15NO4S. The summed E-state index contributed by atoms with van der Waals surface area (Å²) < 4.78 is 23.7. The molecule has 0 radical (unpaired) electrons. The van der Waals surface area contributed by atoms with E-state index in [-0.39, 0.29) is 29.7 Å². The van der Waals surface area contributed by atoms with E-state index in [2.05, 4.69) is 5.32 Å². The van der Waals surface area contributed by atoms with Gasteiger partial charge in [0.2, 0.25) is 11.8 Å². The number of rotatable bonds is 1. The largest absolute Gasteiger partial charge is 0.296 e. The molecule has 0 aromatic heterocycles. The SMILES string of the molecule is O=C1CC2(CCS(=O)(=O)C2)C(c2ccccc2)C(=O)N1. The number of sulfone groups is 1. The molecule has 2 unspecified atom stereocenters. The summed E-state index contributed by atoms with van der Waals surface area (Å²) in [5.74, 6) is -1.36. The molecule has 1 N–H and O–H groups in total. The minimum Gasteiger partial charge on any atom is -0.296 e. The van der Waals surface area contributed by atoms with Crippen LogP contribution < -0.4 is 5.32 Å². The molecule has 20 heavy (non-hydrogen) atoms. The normalized spacial score (nSPS) is 32.3. The Balaban J connectivity index is 2.09.